The van der Waals surface area contributed by atoms with E-state index in [4.69, 9.17) is 0 Å². The topological polar surface area (TPSA) is 0 Å². The van der Waals surface area contributed by atoms with E-state index in [1.165, 1.54) is 0 Å². The summed E-state index contributed by atoms with van der Waals surface area (Å²) in [6.07, 6.45) is 0. The first-order chi connectivity index (χ1) is 0. The predicted molar refractivity (Wildman–Crippen MR) is 40.9 cm³/mol. The van der Waals surface area contributed by atoms with Crippen LogP contribution >= 0.6 is 9.90 Å². The molecule has 0 aliphatic rings. The van der Waals surface area contributed by atoms with Gasteiger partial charge in [0.05, 0.1) is 0 Å². The first-order valence-corrected chi connectivity index (χ1v) is 0. The molecule has 4 heavy (non-hydrogen) atoms. The summed E-state index contributed by atoms with van der Waals surface area (Å²) in [5, 5.41) is 0. The molecule has 0 aromatic rings. The van der Waals surface area contributed by atoms with Crippen molar-refractivity contribution in [1.29, 1.82) is 0 Å². The minimum atomic E-state index is 0. The first kappa shape index (κ1) is 32.0. The molecule has 4 heteroatoms. The van der Waals surface area contributed by atoms with Crippen LogP contribution in [0.3, 0.4) is 0 Å². The number of hydrogen-bond donors (Lipinski definition) is 0. The Balaban J connectivity index is 0. The van der Waals surface area contributed by atoms with Crippen molar-refractivity contribution in [3.8, 4) is 0 Å². The van der Waals surface area contributed by atoms with Gasteiger partial charge in [0.25, 0.3) is 0 Å². The van der Waals surface area contributed by atoms with E-state index in [1.54, 1.807) is 0 Å². The van der Waals surface area contributed by atoms with E-state index in [2.05, 4.69) is 0 Å². The second kappa shape index (κ2) is 18.0. The number of rotatable bonds is 0. The Labute approximate surface area is 74.9 Å². The Morgan fingerprint density at radius 2 is 1.00 bits per heavy atom. The Morgan fingerprint density at radius 1 is 1.00 bits per heavy atom. The molecule has 0 nitrogen and oxygen atoms in total. The second-order valence-electron chi connectivity index (χ2n) is 0. The van der Waals surface area contributed by atoms with E-state index in [1.807, 2.05) is 0 Å². The summed E-state index contributed by atoms with van der Waals surface area (Å²) in [5.74, 6) is 0. The SMILES string of the molecule is P.[AlH3].[CaH2].[SiH4]. The fourth-order valence-corrected chi connectivity index (χ4v) is 0. The molecule has 0 amide bonds. The van der Waals surface area contributed by atoms with Gasteiger partial charge in [0.1, 0.15) is 0 Å². The summed E-state index contributed by atoms with van der Waals surface area (Å²) in [6.45, 7) is 0. The molecule has 0 N–H and O–H groups in total. The monoisotopic (exact) mass is 138 g/mol. The molecule has 0 saturated carbocycles. The van der Waals surface area contributed by atoms with Gasteiger partial charge in [-0.25, -0.2) is 0 Å². The van der Waals surface area contributed by atoms with Gasteiger partial charge in [-0.2, -0.15) is 9.90 Å². The maximum absolute atomic E-state index is 0. The van der Waals surface area contributed by atoms with Crippen molar-refractivity contribution < 1.29 is 0 Å². The molecular weight excluding hydrogens is 126 g/mol. The van der Waals surface area contributed by atoms with Crippen LogP contribution in [0.1, 0.15) is 0 Å². The summed E-state index contributed by atoms with van der Waals surface area (Å²) < 4.78 is 0. The molecule has 0 aliphatic heterocycles. The maximum atomic E-state index is 0. The van der Waals surface area contributed by atoms with E-state index in [0.29, 0.717) is 0 Å². The van der Waals surface area contributed by atoms with Gasteiger partial charge in [0.2, 0.25) is 0 Å². The molecule has 0 spiro atoms. The average Bonchev–Trinajstić information content (AvgIpc) is 0. The van der Waals surface area contributed by atoms with Crippen LogP contribution in [0.2, 0.25) is 0 Å². The van der Waals surface area contributed by atoms with Gasteiger partial charge in [-0.05, 0) is 11.0 Å². The molecule has 0 aromatic heterocycles. The van der Waals surface area contributed by atoms with E-state index in [-0.39, 0.29) is 76.0 Å². The molecule has 0 rings (SSSR count). The minimum Gasteiger partial charge on any atom is -0.0149 e. The van der Waals surface area contributed by atoms with Gasteiger partial charge in [-0.1, -0.05) is 0 Å². The van der Waals surface area contributed by atoms with Gasteiger partial charge in [0.15, 0.2) is 17.4 Å². The Bertz CT molecular complexity index is 8.00. The van der Waals surface area contributed by atoms with Crippen molar-refractivity contribution in [3.63, 3.8) is 0 Å². The first-order valence-electron chi connectivity index (χ1n) is 0. The molecule has 1 unspecified atom stereocenters. The normalized spacial score (nSPS) is 0. The summed E-state index contributed by atoms with van der Waals surface area (Å²) in [6, 6.07) is 0. The van der Waals surface area contributed by atoms with Crippen molar-refractivity contribution in [2.24, 2.45) is 0 Å². The van der Waals surface area contributed by atoms with Crippen molar-refractivity contribution in [1.82, 2.24) is 0 Å². The zero-order valence-corrected chi connectivity index (χ0v) is 2.12. The van der Waals surface area contributed by atoms with Crippen molar-refractivity contribution in [2.75, 3.05) is 0 Å². The van der Waals surface area contributed by atoms with Gasteiger partial charge < -0.3 is 0 Å². The Morgan fingerprint density at radius 3 is 1.00 bits per heavy atom. The Hall–Kier alpha value is 2.44. The molecule has 0 fully saturated rings. The van der Waals surface area contributed by atoms with Crippen LogP contribution < -0.4 is 0 Å². The van der Waals surface area contributed by atoms with Gasteiger partial charge >= 0.3 is 37.7 Å². The predicted octanol–water partition coefficient (Wildman–Crippen LogP) is -3.49. The number of hydrogen-bond acceptors (Lipinski definition) is 0. The molecule has 26 valence electrons. The molecule has 0 bridgehead atoms. The summed E-state index contributed by atoms with van der Waals surface area (Å²) in [7, 11) is 0. The van der Waals surface area contributed by atoms with Gasteiger partial charge in [-0.15, -0.1) is 0 Å². The van der Waals surface area contributed by atoms with Crippen molar-refractivity contribution in [3.05, 3.63) is 0 Å². The molecule has 0 heterocycles. The van der Waals surface area contributed by atoms with Gasteiger partial charge in [0, 0.05) is 0 Å². The van der Waals surface area contributed by atoms with Crippen molar-refractivity contribution >= 4 is 76.0 Å². The average molecular weight is 138 g/mol. The third-order valence-electron chi connectivity index (χ3n) is 0. The largest absolute Gasteiger partial charge is 0.0149 e. The van der Waals surface area contributed by atoms with Crippen LogP contribution in [0.4, 0.5) is 0 Å². The van der Waals surface area contributed by atoms with Crippen LogP contribution in [0.15, 0.2) is 0 Å². The van der Waals surface area contributed by atoms with Crippen LogP contribution in [0.25, 0.3) is 0 Å². The van der Waals surface area contributed by atoms with E-state index in [9.17, 15) is 0 Å². The molecule has 0 aromatic carbocycles. The minimum absolute atomic E-state index is 0. The second-order valence-corrected chi connectivity index (χ2v) is 0. The van der Waals surface area contributed by atoms with E-state index >= 15 is 0 Å². The van der Waals surface area contributed by atoms with E-state index in [0.717, 1.165) is 0 Å². The van der Waals surface area contributed by atoms with Crippen LogP contribution in [0.5, 0.6) is 0 Å². The van der Waals surface area contributed by atoms with Crippen LogP contribution in [-0.4, -0.2) is 66.1 Å². The third kappa shape index (κ3) is 8.83. The molecule has 0 saturated heterocycles. The van der Waals surface area contributed by atoms with Crippen LogP contribution in [-0.2, 0) is 0 Å². The smallest absolute Gasteiger partial charge is 0.0149 e. The fourth-order valence-electron chi connectivity index (χ4n) is 0. The third-order valence-corrected chi connectivity index (χ3v) is 0. The quantitative estimate of drug-likeness (QED) is 0.241. The molecule has 0 aliphatic carbocycles. The Kier molecular flexibility index (Phi) is 144. The summed E-state index contributed by atoms with van der Waals surface area (Å²) >= 11 is 0. The zero-order chi connectivity index (χ0) is 0. The summed E-state index contributed by atoms with van der Waals surface area (Å²) in [4.78, 5) is 0. The van der Waals surface area contributed by atoms with E-state index < -0.39 is 0 Å². The molecule has 0 radical (unpaired) electrons. The summed E-state index contributed by atoms with van der Waals surface area (Å²) in [5.41, 5.74) is 0. The standard InChI is InChI=1S/Al.Ca.H3P.H4Si.5H/h;;1H3;1H4;;;;;. The van der Waals surface area contributed by atoms with Gasteiger partial charge in [-0.3, -0.25) is 0 Å². The van der Waals surface area contributed by atoms with Crippen molar-refractivity contribution in [2.45, 2.75) is 0 Å². The molecule has 1 atom stereocenters. The fraction of sp³-hybridized carbons (Fsp3) is 0. The maximum Gasteiger partial charge on any atom is -0.0149 e. The zero-order valence-electron chi connectivity index (χ0n) is 0.707. The van der Waals surface area contributed by atoms with Crippen LogP contribution in [0, 0.1) is 0 Å². The molecular formula is H12AlCaPSi.